The summed E-state index contributed by atoms with van der Waals surface area (Å²) in [5, 5.41) is 3.27. The summed E-state index contributed by atoms with van der Waals surface area (Å²) >= 11 is 9.58. The van der Waals surface area contributed by atoms with E-state index in [1.165, 1.54) is 6.26 Å². The number of halogens is 2. The van der Waals surface area contributed by atoms with Gasteiger partial charge < -0.3 is 14.6 Å². The van der Waals surface area contributed by atoms with Gasteiger partial charge in [0.25, 0.3) is 5.91 Å². The van der Waals surface area contributed by atoms with Crippen molar-refractivity contribution < 1.29 is 14.0 Å². The van der Waals surface area contributed by atoms with Crippen molar-refractivity contribution in [2.24, 2.45) is 0 Å². The molecule has 4 rings (SSSR count). The van der Waals surface area contributed by atoms with E-state index in [0.29, 0.717) is 23.7 Å². The fourth-order valence-corrected chi connectivity index (χ4v) is 4.04. The first-order valence-corrected chi connectivity index (χ1v) is 9.87. The van der Waals surface area contributed by atoms with Gasteiger partial charge in [0.05, 0.1) is 17.0 Å². The predicted molar refractivity (Wildman–Crippen MR) is 110 cm³/mol. The molecule has 2 aromatic carbocycles. The molecule has 142 valence electrons. The Morgan fingerprint density at radius 2 is 1.89 bits per heavy atom. The highest BCUT2D eigenvalue weighted by atomic mass is 79.9. The van der Waals surface area contributed by atoms with Crippen LogP contribution in [0, 0.1) is 0 Å². The molecular formula is C21H16BrClN2O3. The van der Waals surface area contributed by atoms with Crippen LogP contribution in [0.5, 0.6) is 0 Å². The quantitative estimate of drug-likeness (QED) is 0.606. The molecule has 0 fully saturated rings. The van der Waals surface area contributed by atoms with E-state index in [1.54, 1.807) is 35.2 Å². The average molecular weight is 460 g/mol. The third-order valence-electron chi connectivity index (χ3n) is 4.73. The Bertz CT molecular complexity index is 1040. The molecule has 28 heavy (non-hydrogen) atoms. The van der Waals surface area contributed by atoms with Gasteiger partial charge in [-0.05, 0) is 41.5 Å². The lowest BCUT2D eigenvalue weighted by atomic mass is 9.93. The van der Waals surface area contributed by atoms with E-state index in [4.69, 9.17) is 16.0 Å². The molecule has 1 atom stereocenters. The SMILES string of the molecule is O=C(Nc1ccc(Br)cc1Cl)[C@H]1Cc2ccccc2CN1C(=O)c1ccco1. The Morgan fingerprint density at radius 1 is 1.11 bits per heavy atom. The molecule has 0 unspecified atom stereocenters. The largest absolute Gasteiger partial charge is 0.459 e. The van der Waals surface area contributed by atoms with Gasteiger partial charge in [0.1, 0.15) is 6.04 Å². The summed E-state index contributed by atoms with van der Waals surface area (Å²) in [6.45, 7) is 0.335. The number of nitrogens with one attached hydrogen (secondary N) is 1. The number of fused-ring (bicyclic) bond motifs is 1. The van der Waals surface area contributed by atoms with Gasteiger partial charge in [0.2, 0.25) is 5.91 Å². The molecule has 2 heterocycles. The highest BCUT2D eigenvalue weighted by Gasteiger charge is 2.36. The van der Waals surface area contributed by atoms with Crippen LogP contribution < -0.4 is 5.32 Å². The van der Waals surface area contributed by atoms with Gasteiger partial charge in [-0.15, -0.1) is 0 Å². The Morgan fingerprint density at radius 3 is 2.61 bits per heavy atom. The molecule has 7 heteroatoms. The molecule has 1 aliphatic heterocycles. The zero-order valence-corrected chi connectivity index (χ0v) is 17.0. The van der Waals surface area contributed by atoms with Crippen LogP contribution in [0.1, 0.15) is 21.7 Å². The van der Waals surface area contributed by atoms with Crippen LogP contribution in [0.2, 0.25) is 5.02 Å². The standard InChI is InChI=1S/C21H16BrClN2O3/c22-15-7-8-17(16(23)11-15)24-20(26)18-10-13-4-1-2-5-14(13)12-25(18)21(27)19-6-3-9-28-19/h1-9,11,18H,10,12H2,(H,24,26)/t18-/m1/s1. The van der Waals surface area contributed by atoms with Gasteiger partial charge in [-0.2, -0.15) is 0 Å². The van der Waals surface area contributed by atoms with Crippen molar-refractivity contribution >= 4 is 45.0 Å². The van der Waals surface area contributed by atoms with Crippen molar-refractivity contribution in [1.82, 2.24) is 4.90 Å². The van der Waals surface area contributed by atoms with E-state index >= 15 is 0 Å². The van der Waals surface area contributed by atoms with E-state index in [-0.39, 0.29) is 17.6 Å². The summed E-state index contributed by atoms with van der Waals surface area (Å²) in [5.74, 6) is -0.404. The summed E-state index contributed by atoms with van der Waals surface area (Å²) in [6.07, 6.45) is 1.87. The molecule has 0 bridgehead atoms. The third-order valence-corrected chi connectivity index (χ3v) is 5.54. The first-order valence-electron chi connectivity index (χ1n) is 8.70. The molecule has 2 amide bonds. The Labute approximate surface area is 175 Å². The van der Waals surface area contributed by atoms with Crippen molar-refractivity contribution in [3.05, 3.63) is 87.2 Å². The normalized spacial score (nSPS) is 15.8. The number of amides is 2. The van der Waals surface area contributed by atoms with Crippen LogP contribution in [-0.2, 0) is 17.8 Å². The second-order valence-corrected chi connectivity index (χ2v) is 7.84. The van der Waals surface area contributed by atoms with Crippen LogP contribution in [0.15, 0.2) is 69.8 Å². The minimum absolute atomic E-state index is 0.207. The summed E-state index contributed by atoms with van der Waals surface area (Å²) < 4.78 is 6.08. The Balaban J connectivity index is 1.65. The maximum absolute atomic E-state index is 13.1. The number of carbonyl (C=O) groups excluding carboxylic acids is 2. The Kier molecular flexibility index (Phi) is 5.24. The fraction of sp³-hybridized carbons (Fsp3) is 0.143. The molecule has 1 aliphatic rings. The number of hydrogen-bond donors (Lipinski definition) is 1. The van der Waals surface area contributed by atoms with Crippen molar-refractivity contribution in [3.63, 3.8) is 0 Å². The van der Waals surface area contributed by atoms with Crippen LogP contribution in [0.4, 0.5) is 5.69 Å². The maximum Gasteiger partial charge on any atom is 0.290 e. The number of nitrogens with zero attached hydrogens (tertiary/aromatic N) is 1. The molecule has 0 aliphatic carbocycles. The zero-order valence-electron chi connectivity index (χ0n) is 14.7. The molecule has 1 aromatic heterocycles. The van der Waals surface area contributed by atoms with Gasteiger partial charge >= 0.3 is 0 Å². The third kappa shape index (κ3) is 3.70. The van der Waals surface area contributed by atoms with Crippen molar-refractivity contribution in [2.45, 2.75) is 19.0 Å². The second kappa shape index (κ2) is 7.81. The van der Waals surface area contributed by atoms with Gasteiger partial charge in [0, 0.05) is 17.4 Å². The van der Waals surface area contributed by atoms with E-state index in [9.17, 15) is 9.59 Å². The van der Waals surface area contributed by atoms with Gasteiger partial charge in [-0.3, -0.25) is 9.59 Å². The van der Waals surface area contributed by atoms with Crippen molar-refractivity contribution in [1.29, 1.82) is 0 Å². The lowest BCUT2D eigenvalue weighted by Crippen LogP contribution is -2.50. The molecule has 3 aromatic rings. The highest BCUT2D eigenvalue weighted by molar-refractivity contribution is 9.10. The summed E-state index contributed by atoms with van der Waals surface area (Å²) in [5.41, 5.74) is 2.57. The van der Waals surface area contributed by atoms with Crippen molar-refractivity contribution in [2.75, 3.05) is 5.32 Å². The molecule has 0 saturated heterocycles. The number of hydrogen-bond acceptors (Lipinski definition) is 3. The molecule has 5 nitrogen and oxygen atoms in total. The van der Waals surface area contributed by atoms with E-state index in [0.717, 1.165) is 15.6 Å². The molecular weight excluding hydrogens is 444 g/mol. The first kappa shape index (κ1) is 18.8. The predicted octanol–water partition coefficient (Wildman–Crippen LogP) is 4.90. The monoisotopic (exact) mass is 458 g/mol. The van der Waals surface area contributed by atoms with Crippen molar-refractivity contribution in [3.8, 4) is 0 Å². The van der Waals surface area contributed by atoms with E-state index < -0.39 is 6.04 Å². The van der Waals surface area contributed by atoms with E-state index in [1.807, 2.05) is 24.3 Å². The Hall–Kier alpha value is -2.57. The number of anilines is 1. The second-order valence-electron chi connectivity index (χ2n) is 6.51. The number of furan rings is 1. The molecule has 1 N–H and O–H groups in total. The fourth-order valence-electron chi connectivity index (χ4n) is 3.32. The molecule has 0 radical (unpaired) electrons. The minimum Gasteiger partial charge on any atom is -0.459 e. The van der Waals surface area contributed by atoms with Crippen LogP contribution >= 0.6 is 27.5 Å². The molecule has 0 saturated carbocycles. The van der Waals surface area contributed by atoms with Gasteiger partial charge in [-0.25, -0.2) is 0 Å². The van der Waals surface area contributed by atoms with Gasteiger partial charge in [-0.1, -0.05) is 51.8 Å². The lowest BCUT2D eigenvalue weighted by molar-refractivity contribution is -0.121. The number of carbonyl (C=O) groups is 2. The minimum atomic E-state index is -0.674. The van der Waals surface area contributed by atoms with Crippen LogP contribution in [0.3, 0.4) is 0 Å². The number of rotatable bonds is 3. The highest BCUT2D eigenvalue weighted by Crippen LogP contribution is 2.29. The van der Waals surface area contributed by atoms with Crippen LogP contribution in [-0.4, -0.2) is 22.8 Å². The average Bonchev–Trinajstić information content (AvgIpc) is 3.23. The summed E-state index contributed by atoms with van der Waals surface area (Å²) in [7, 11) is 0. The van der Waals surface area contributed by atoms with Gasteiger partial charge in [0.15, 0.2) is 5.76 Å². The smallest absolute Gasteiger partial charge is 0.290 e. The molecule has 0 spiro atoms. The number of benzene rings is 2. The summed E-state index contributed by atoms with van der Waals surface area (Å²) in [4.78, 5) is 27.6. The lowest BCUT2D eigenvalue weighted by Gasteiger charge is -2.35. The summed E-state index contributed by atoms with van der Waals surface area (Å²) in [6, 6.07) is 15.6. The van der Waals surface area contributed by atoms with E-state index in [2.05, 4.69) is 21.2 Å². The zero-order chi connectivity index (χ0) is 19.7. The van der Waals surface area contributed by atoms with Crippen LogP contribution in [0.25, 0.3) is 0 Å². The maximum atomic E-state index is 13.1. The topological polar surface area (TPSA) is 62.6 Å². The first-order chi connectivity index (χ1) is 13.5.